The lowest BCUT2D eigenvalue weighted by Crippen LogP contribution is -2.29. The van der Waals surface area contributed by atoms with Crippen molar-refractivity contribution in [2.24, 2.45) is 5.92 Å². The van der Waals surface area contributed by atoms with Gasteiger partial charge in [0.25, 0.3) is 0 Å². The van der Waals surface area contributed by atoms with Crippen LogP contribution in [0.4, 0.5) is 0 Å². The highest BCUT2D eigenvalue weighted by Gasteiger charge is 2.40. The number of hydrogen-bond donors (Lipinski definition) is 1. The fraction of sp³-hybridized carbons (Fsp3) is 0.889. The number of carbonyl (C=O) groups is 1. The van der Waals surface area contributed by atoms with E-state index in [1.807, 2.05) is 23.5 Å². The van der Waals surface area contributed by atoms with Gasteiger partial charge in [0, 0.05) is 11.5 Å². The Morgan fingerprint density at radius 3 is 2.23 bits per heavy atom. The first kappa shape index (κ1) is 9.71. The van der Waals surface area contributed by atoms with E-state index < -0.39 is 5.97 Å². The molecule has 0 aromatic carbocycles. The van der Waals surface area contributed by atoms with E-state index in [2.05, 4.69) is 0 Å². The van der Waals surface area contributed by atoms with Gasteiger partial charge in [0.2, 0.25) is 0 Å². The van der Waals surface area contributed by atoms with Gasteiger partial charge in [-0.3, -0.25) is 4.79 Å². The molecule has 0 atom stereocenters. The average Bonchev–Trinajstić information content (AvgIpc) is 2.54. The Morgan fingerprint density at radius 1 is 1.23 bits per heavy atom. The molecule has 2 fully saturated rings. The number of carboxylic acids is 1. The Balaban J connectivity index is 1.91. The van der Waals surface area contributed by atoms with Crippen LogP contribution < -0.4 is 0 Å². The molecule has 0 radical (unpaired) electrons. The van der Waals surface area contributed by atoms with Crippen molar-refractivity contribution < 1.29 is 9.90 Å². The lowest BCUT2D eigenvalue weighted by Gasteiger charge is -2.34. The maximum absolute atomic E-state index is 10.7. The van der Waals surface area contributed by atoms with Gasteiger partial charge in [-0.05, 0) is 25.7 Å². The SMILES string of the molecule is O=C(O)C1CCC2(CC1)SCCS2. The Morgan fingerprint density at radius 2 is 1.77 bits per heavy atom. The predicted molar refractivity (Wildman–Crippen MR) is 57.2 cm³/mol. The van der Waals surface area contributed by atoms with Gasteiger partial charge >= 0.3 is 5.97 Å². The molecule has 1 N–H and O–H groups in total. The molecule has 1 spiro atoms. The normalized spacial score (nSPS) is 28.0. The molecule has 2 aliphatic rings. The van der Waals surface area contributed by atoms with E-state index >= 15 is 0 Å². The monoisotopic (exact) mass is 218 g/mol. The van der Waals surface area contributed by atoms with Crippen molar-refractivity contribution >= 4 is 29.5 Å². The van der Waals surface area contributed by atoms with Gasteiger partial charge in [-0.25, -0.2) is 0 Å². The summed E-state index contributed by atoms with van der Waals surface area (Å²) in [5.41, 5.74) is 0. The van der Waals surface area contributed by atoms with Crippen LogP contribution in [0.15, 0.2) is 0 Å². The van der Waals surface area contributed by atoms with Gasteiger partial charge < -0.3 is 5.11 Å². The molecule has 13 heavy (non-hydrogen) atoms. The summed E-state index contributed by atoms with van der Waals surface area (Å²) in [5.74, 6) is 1.85. The molecule has 2 nitrogen and oxygen atoms in total. The van der Waals surface area contributed by atoms with Crippen molar-refractivity contribution in [2.45, 2.75) is 29.8 Å². The molecule has 0 unspecified atom stereocenters. The molecular formula is C9H14O2S2. The maximum atomic E-state index is 10.7. The third-order valence-corrected chi connectivity index (χ3v) is 6.56. The minimum absolute atomic E-state index is 0.0626. The average molecular weight is 218 g/mol. The van der Waals surface area contributed by atoms with E-state index in [-0.39, 0.29) is 5.92 Å². The third-order valence-electron chi connectivity index (χ3n) is 2.91. The standard InChI is InChI=1S/C9H14O2S2/c10-8(11)7-1-3-9(4-2-7)12-5-6-13-9/h7H,1-6H2,(H,10,11). The van der Waals surface area contributed by atoms with Crippen LogP contribution in [-0.2, 0) is 4.79 Å². The number of thioether (sulfide) groups is 2. The van der Waals surface area contributed by atoms with Crippen molar-refractivity contribution in [1.82, 2.24) is 0 Å². The minimum atomic E-state index is -0.595. The highest BCUT2D eigenvalue weighted by atomic mass is 32.2. The maximum Gasteiger partial charge on any atom is 0.306 e. The van der Waals surface area contributed by atoms with E-state index in [1.165, 1.54) is 11.5 Å². The summed E-state index contributed by atoms with van der Waals surface area (Å²) in [4.78, 5) is 10.7. The van der Waals surface area contributed by atoms with Crippen LogP contribution in [0.2, 0.25) is 0 Å². The lowest BCUT2D eigenvalue weighted by atomic mass is 9.89. The molecule has 4 heteroatoms. The van der Waals surface area contributed by atoms with Crippen molar-refractivity contribution in [2.75, 3.05) is 11.5 Å². The summed E-state index contributed by atoms with van der Waals surface area (Å²) in [6.45, 7) is 0. The number of hydrogen-bond acceptors (Lipinski definition) is 3. The molecule has 1 aliphatic carbocycles. The number of rotatable bonds is 1. The smallest absolute Gasteiger partial charge is 0.306 e. The first-order valence-electron chi connectivity index (χ1n) is 4.73. The zero-order valence-electron chi connectivity index (χ0n) is 7.49. The lowest BCUT2D eigenvalue weighted by molar-refractivity contribution is -0.142. The topological polar surface area (TPSA) is 37.3 Å². The first-order valence-corrected chi connectivity index (χ1v) is 6.70. The summed E-state index contributed by atoms with van der Waals surface area (Å²) in [6.07, 6.45) is 3.96. The molecular weight excluding hydrogens is 204 g/mol. The predicted octanol–water partition coefficient (Wildman–Crippen LogP) is 2.44. The van der Waals surface area contributed by atoms with Crippen LogP contribution in [0.3, 0.4) is 0 Å². The third kappa shape index (κ3) is 1.99. The van der Waals surface area contributed by atoms with Crippen LogP contribution >= 0.6 is 23.5 Å². The highest BCUT2D eigenvalue weighted by molar-refractivity contribution is 8.21. The summed E-state index contributed by atoms with van der Waals surface area (Å²) < 4.78 is 0.409. The second-order valence-electron chi connectivity index (χ2n) is 3.72. The first-order chi connectivity index (χ1) is 6.22. The summed E-state index contributed by atoms with van der Waals surface area (Å²) in [5, 5.41) is 8.86. The Labute approximate surface area is 86.8 Å². The van der Waals surface area contributed by atoms with E-state index in [9.17, 15) is 4.79 Å². The molecule has 0 amide bonds. The summed E-state index contributed by atoms with van der Waals surface area (Å²) >= 11 is 4.10. The molecule has 1 heterocycles. The van der Waals surface area contributed by atoms with Gasteiger partial charge in [-0.15, -0.1) is 23.5 Å². The van der Waals surface area contributed by atoms with E-state index in [0.29, 0.717) is 4.08 Å². The molecule has 0 aromatic heterocycles. The van der Waals surface area contributed by atoms with Gasteiger partial charge in [0.1, 0.15) is 0 Å². The molecule has 74 valence electrons. The van der Waals surface area contributed by atoms with Crippen molar-refractivity contribution in [3.63, 3.8) is 0 Å². The molecule has 1 saturated carbocycles. The molecule has 0 bridgehead atoms. The molecule has 1 aliphatic heterocycles. The molecule has 0 aromatic rings. The summed E-state index contributed by atoms with van der Waals surface area (Å²) in [7, 11) is 0. The van der Waals surface area contributed by atoms with Crippen LogP contribution in [0.1, 0.15) is 25.7 Å². The van der Waals surface area contributed by atoms with Crippen LogP contribution in [0.5, 0.6) is 0 Å². The van der Waals surface area contributed by atoms with Crippen molar-refractivity contribution in [1.29, 1.82) is 0 Å². The molecule has 2 rings (SSSR count). The van der Waals surface area contributed by atoms with Crippen LogP contribution in [-0.4, -0.2) is 26.7 Å². The van der Waals surface area contributed by atoms with E-state index in [0.717, 1.165) is 25.7 Å². The van der Waals surface area contributed by atoms with Gasteiger partial charge in [-0.2, -0.15) is 0 Å². The van der Waals surface area contributed by atoms with Gasteiger partial charge in [0.15, 0.2) is 0 Å². The minimum Gasteiger partial charge on any atom is -0.481 e. The largest absolute Gasteiger partial charge is 0.481 e. The van der Waals surface area contributed by atoms with Gasteiger partial charge in [-0.1, -0.05) is 0 Å². The fourth-order valence-electron chi connectivity index (χ4n) is 2.09. The zero-order chi connectivity index (χ0) is 9.31. The van der Waals surface area contributed by atoms with E-state index in [1.54, 1.807) is 0 Å². The second kappa shape index (κ2) is 3.73. The Kier molecular flexibility index (Phi) is 2.79. The molecule has 1 saturated heterocycles. The van der Waals surface area contributed by atoms with E-state index in [4.69, 9.17) is 5.11 Å². The van der Waals surface area contributed by atoms with Crippen molar-refractivity contribution in [3.8, 4) is 0 Å². The zero-order valence-corrected chi connectivity index (χ0v) is 9.12. The van der Waals surface area contributed by atoms with Crippen LogP contribution in [0, 0.1) is 5.92 Å². The fourth-order valence-corrected chi connectivity index (χ4v) is 5.38. The Bertz CT molecular complexity index is 202. The van der Waals surface area contributed by atoms with Gasteiger partial charge in [0.05, 0.1) is 10.00 Å². The van der Waals surface area contributed by atoms with Crippen molar-refractivity contribution in [3.05, 3.63) is 0 Å². The van der Waals surface area contributed by atoms with Crippen LogP contribution in [0.25, 0.3) is 0 Å². The Hall–Kier alpha value is 0.170. The number of carboxylic acid groups (broad SMARTS) is 1. The quantitative estimate of drug-likeness (QED) is 0.733. The summed E-state index contributed by atoms with van der Waals surface area (Å²) in [6, 6.07) is 0. The second-order valence-corrected chi connectivity index (χ2v) is 6.94. The number of aliphatic carboxylic acids is 1. The highest BCUT2D eigenvalue weighted by Crippen LogP contribution is 2.53.